The third-order valence-electron chi connectivity index (χ3n) is 5.75. The summed E-state index contributed by atoms with van der Waals surface area (Å²) in [7, 11) is 0. The Morgan fingerprint density at radius 2 is 1.94 bits per heavy atom. The first-order chi connectivity index (χ1) is 16.1. The van der Waals surface area contributed by atoms with Crippen molar-refractivity contribution in [2.24, 2.45) is 0 Å². The number of amides is 1. The average molecular weight is 486 g/mol. The summed E-state index contributed by atoms with van der Waals surface area (Å²) in [6.45, 7) is 4.96. The molecule has 0 spiro atoms. The van der Waals surface area contributed by atoms with Gasteiger partial charge < -0.3 is 20.6 Å². The molecular formula is C23H24FN5O2S2. The zero-order chi connectivity index (χ0) is 22.8. The van der Waals surface area contributed by atoms with E-state index in [1.54, 1.807) is 17.4 Å². The first kappa shape index (κ1) is 22.0. The van der Waals surface area contributed by atoms with Gasteiger partial charge in [-0.1, -0.05) is 29.5 Å². The fraction of sp³-hybridized carbons (Fsp3) is 0.304. The lowest BCUT2D eigenvalue weighted by molar-refractivity contribution is 0.103. The molecule has 7 nitrogen and oxygen atoms in total. The minimum Gasteiger partial charge on any atom is -0.395 e. The van der Waals surface area contributed by atoms with Crippen LogP contribution in [0.4, 0.5) is 15.2 Å². The van der Waals surface area contributed by atoms with Crippen LogP contribution in [0, 0.1) is 0 Å². The maximum Gasteiger partial charge on any atom is 0.265 e. The molecular weight excluding hydrogens is 461 g/mol. The van der Waals surface area contributed by atoms with Gasteiger partial charge in [-0.3, -0.25) is 9.69 Å². The third-order valence-corrected chi connectivity index (χ3v) is 7.97. The second-order valence-corrected chi connectivity index (χ2v) is 9.96. The van der Waals surface area contributed by atoms with Crippen LogP contribution in [-0.4, -0.2) is 66.8 Å². The van der Waals surface area contributed by atoms with Crippen LogP contribution in [0.5, 0.6) is 0 Å². The molecule has 0 atom stereocenters. The van der Waals surface area contributed by atoms with E-state index < -0.39 is 0 Å². The number of carbonyl (C=O) groups excluding carboxylic acids is 1. The molecule has 0 saturated carbocycles. The maximum absolute atomic E-state index is 13.1. The van der Waals surface area contributed by atoms with Crippen molar-refractivity contribution in [2.75, 3.05) is 56.1 Å². The second-order valence-electron chi connectivity index (χ2n) is 7.92. The number of nitrogens with zero attached hydrogens (tertiary/aromatic N) is 3. The van der Waals surface area contributed by atoms with Gasteiger partial charge in [0, 0.05) is 45.0 Å². The van der Waals surface area contributed by atoms with Crippen LogP contribution in [0.25, 0.3) is 15.1 Å². The highest BCUT2D eigenvalue weighted by atomic mass is 32.1. The summed E-state index contributed by atoms with van der Waals surface area (Å²) in [5.41, 5.74) is 2.68. The Balaban J connectivity index is 1.22. The molecule has 3 N–H and O–H groups in total. The highest BCUT2D eigenvalue weighted by molar-refractivity contribution is 7.29. The molecule has 10 heteroatoms. The number of hydrogen-bond donors (Lipinski definition) is 3. The number of thiophene rings is 1. The Hall–Kier alpha value is -2.79. The lowest BCUT2D eigenvalue weighted by Gasteiger charge is -2.34. The number of aromatic nitrogens is 1. The van der Waals surface area contributed by atoms with Gasteiger partial charge in [-0.05, 0) is 35.4 Å². The van der Waals surface area contributed by atoms with Crippen molar-refractivity contribution in [3.8, 4) is 0 Å². The highest BCUT2D eigenvalue weighted by Gasteiger charge is 2.21. The molecule has 1 aromatic carbocycles. The van der Waals surface area contributed by atoms with E-state index in [0.29, 0.717) is 23.7 Å². The predicted molar refractivity (Wildman–Crippen MR) is 133 cm³/mol. The summed E-state index contributed by atoms with van der Waals surface area (Å²) in [6.07, 6.45) is 3.17. The predicted octanol–water partition coefficient (Wildman–Crippen LogP) is 3.52. The van der Waals surface area contributed by atoms with Crippen molar-refractivity contribution in [3.05, 3.63) is 58.9 Å². The fourth-order valence-corrected chi connectivity index (χ4v) is 6.06. The zero-order valence-corrected chi connectivity index (χ0v) is 19.5. The molecule has 0 aliphatic carbocycles. The number of allylic oxidation sites excluding steroid dienone is 2. The standard InChI is InChI=1S/C23H24FN5O2S2/c24-20-6-3-16(14-25-20)15-1-4-17(5-2-15)26-21(31)18-13-19-22(32-18)27-23(33-19)29-9-7-28(8-10-29)11-12-30/h1-6,13,25,30H,7-12,14H2,(H,26,31). The van der Waals surface area contributed by atoms with Gasteiger partial charge in [-0.15, -0.1) is 11.3 Å². The molecule has 2 aliphatic rings. The van der Waals surface area contributed by atoms with Gasteiger partial charge in [0.1, 0.15) is 4.83 Å². The molecule has 5 rings (SSSR count). The Labute approximate surface area is 198 Å². The topological polar surface area (TPSA) is 80.7 Å². The van der Waals surface area contributed by atoms with Gasteiger partial charge in [-0.25, -0.2) is 4.98 Å². The molecule has 2 aliphatic heterocycles. The number of aliphatic hydroxyl groups excluding tert-OH is 1. The molecule has 1 saturated heterocycles. The molecule has 1 fully saturated rings. The van der Waals surface area contributed by atoms with Crippen LogP contribution in [-0.2, 0) is 0 Å². The number of anilines is 2. The minimum absolute atomic E-state index is 0.152. The van der Waals surface area contributed by atoms with Crippen molar-refractivity contribution in [2.45, 2.75) is 0 Å². The molecule has 1 amide bonds. The summed E-state index contributed by atoms with van der Waals surface area (Å²) in [5.74, 6) is -0.485. The van der Waals surface area contributed by atoms with Crippen LogP contribution in [0.15, 0.2) is 48.4 Å². The van der Waals surface area contributed by atoms with Crippen molar-refractivity contribution >= 4 is 54.5 Å². The van der Waals surface area contributed by atoms with E-state index in [9.17, 15) is 9.18 Å². The van der Waals surface area contributed by atoms with Crippen LogP contribution < -0.4 is 15.5 Å². The number of dihydropyridines is 1. The van der Waals surface area contributed by atoms with Gasteiger partial charge in [0.05, 0.1) is 16.2 Å². The van der Waals surface area contributed by atoms with E-state index in [4.69, 9.17) is 10.1 Å². The normalized spacial score (nSPS) is 17.0. The van der Waals surface area contributed by atoms with Crippen molar-refractivity contribution in [3.63, 3.8) is 0 Å². The molecule has 3 aromatic rings. The number of aliphatic hydroxyl groups is 1. The Morgan fingerprint density at radius 1 is 1.15 bits per heavy atom. The SMILES string of the molecule is O=C(Nc1ccc(C2=CC=C(F)NC2)cc1)c1cc2sc(N3CCN(CCO)CC3)nc2s1. The van der Waals surface area contributed by atoms with E-state index in [1.165, 1.54) is 17.4 Å². The molecule has 0 unspecified atom stereocenters. The minimum atomic E-state index is -0.333. The number of halogens is 1. The quantitative estimate of drug-likeness (QED) is 0.464. The average Bonchev–Trinajstić information content (AvgIpc) is 3.41. The lowest BCUT2D eigenvalue weighted by Crippen LogP contribution is -2.47. The number of benzene rings is 1. The van der Waals surface area contributed by atoms with Crippen molar-refractivity contribution in [1.82, 2.24) is 15.2 Å². The molecule has 172 valence electrons. The summed E-state index contributed by atoms with van der Waals surface area (Å²) in [4.78, 5) is 23.5. The Kier molecular flexibility index (Phi) is 6.41. The molecule has 33 heavy (non-hydrogen) atoms. The molecule has 0 bridgehead atoms. The van der Waals surface area contributed by atoms with E-state index in [2.05, 4.69) is 20.4 Å². The van der Waals surface area contributed by atoms with E-state index in [0.717, 1.165) is 52.0 Å². The van der Waals surface area contributed by atoms with E-state index >= 15 is 0 Å². The Morgan fingerprint density at radius 3 is 2.61 bits per heavy atom. The fourth-order valence-electron chi connectivity index (χ4n) is 3.91. The molecule has 2 aromatic heterocycles. The van der Waals surface area contributed by atoms with Crippen LogP contribution in [0.1, 0.15) is 15.2 Å². The van der Waals surface area contributed by atoms with Crippen LogP contribution in [0.2, 0.25) is 0 Å². The van der Waals surface area contributed by atoms with Gasteiger partial charge >= 0.3 is 0 Å². The van der Waals surface area contributed by atoms with Gasteiger partial charge in [0.2, 0.25) is 0 Å². The number of hydrogen-bond acceptors (Lipinski definition) is 8. The van der Waals surface area contributed by atoms with E-state index in [-0.39, 0.29) is 18.5 Å². The Bertz CT molecular complexity index is 1180. The van der Waals surface area contributed by atoms with Crippen LogP contribution >= 0.6 is 22.7 Å². The number of β-amino-alcohol motifs (C(OH)–C–C–N with tert-alkyl or cyclic N) is 1. The number of piperazine rings is 1. The largest absolute Gasteiger partial charge is 0.395 e. The number of carbonyl (C=O) groups is 1. The van der Waals surface area contributed by atoms with Crippen LogP contribution in [0.3, 0.4) is 0 Å². The summed E-state index contributed by atoms with van der Waals surface area (Å²) in [6, 6.07) is 9.45. The summed E-state index contributed by atoms with van der Waals surface area (Å²) >= 11 is 3.02. The smallest absolute Gasteiger partial charge is 0.265 e. The zero-order valence-electron chi connectivity index (χ0n) is 17.9. The third kappa shape index (κ3) is 4.93. The molecule has 4 heterocycles. The van der Waals surface area contributed by atoms with Crippen molar-refractivity contribution < 1.29 is 14.3 Å². The number of nitrogens with one attached hydrogen (secondary N) is 2. The number of rotatable bonds is 6. The number of fused-ring (bicyclic) bond motifs is 1. The highest BCUT2D eigenvalue weighted by Crippen LogP contribution is 2.35. The second kappa shape index (κ2) is 9.60. The summed E-state index contributed by atoms with van der Waals surface area (Å²) in [5, 5.41) is 15.7. The maximum atomic E-state index is 13.1. The summed E-state index contributed by atoms with van der Waals surface area (Å²) < 4.78 is 14.1. The van der Waals surface area contributed by atoms with Gasteiger partial charge in [0.25, 0.3) is 5.91 Å². The van der Waals surface area contributed by atoms with Gasteiger partial charge in [-0.2, -0.15) is 4.39 Å². The number of thiazole rings is 1. The first-order valence-corrected chi connectivity index (χ1v) is 12.4. The van der Waals surface area contributed by atoms with Gasteiger partial charge in [0.15, 0.2) is 11.1 Å². The van der Waals surface area contributed by atoms with Crippen molar-refractivity contribution in [1.29, 1.82) is 0 Å². The lowest BCUT2D eigenvalue weighted by atomic mass is 10.0. The first-order valence-electron chi connectivity index (χ1n) is 10.8. The van der Waals surface area contributed by atoms with E-state index in [1.807, 2.05) is 30.3 Å². The monoisotopic (exact) mass is 485 g/mol. The molecule has 0 radical (unpaired) electrons.